The summed E-state index contributed by atoms with van der Waals surface area (Å²) in [6.07, 6.45) is 0.581. The molecule has 0 atom stereocenters. The van der Waals surface area contributed by atoms with Crippen LogP contribution in [-0.4, -0.2) is 37.1 Å². The van der Waals surface area contributed by atoms with Crippen molar-refractivity contribution in [2.45, 2.75) is 6.42 Å². The number of hydrogen-bond acceptors (Lipinski definition) is 3. The summed E-state index contributed by atoms with van der Waals surface area (Å²) in [5.74, 6) is -6.32. The molecule has 1 rings (SSSR count). The highest BCUT2D eigenvalue weighted by Gasteiger charge is 2.20. The highest BCUT2D eigenvalue weighted by Crippen LogP contribution is 2.21. The van der Waals surface area contributed by atoms with Crippen LogP contribution in [0.4, 0.5) is 23.2 Å². The van der Waals surface area contributed by atoms with Crippen LogP contribution in [0, 0.1) is 23.5 Å². The van der Waals surface area contributed by atoms with Crippen molar-refractivity contribution in [1.29, 1.82) is 0 Å². The van der Waals surface area contributed by atoms with E-state index < -0.39 is 29.2 Å². The third kappa shape index (κ3) is 3.55. The first-order chi connectivity index (χ1) is 7.93. The maximum atomic E-state index is 13.1. The molecule has 0 bridgehead atoms. The fourth-order valence-corrected chi connectivity index (χ4v) is 1.25. The molecule has 1 N–H and O–H groups in total. The molecule has 0 aliphatic carbocycles. The maximum absolute atomic E-state index is 13.1. The molecular formula is C10H13F4N3. The van der Waals surface area contributed by atoms with E-state index in [1.54, 1.807) is 0 Å². The molecule has 17 heavy (non-hydrogen) atoms. The van der Waals surface area contributed by atoms with Gasteiger partial charge in [-0.05, 0) is 27.1 Å². The Hall–Kier alpha value is -1.37. The first kappa shape index (κ1) is 13.7. The monoisotopic (exact) mass is 251 g/mol. The van der Waals surface area contributed by atoms with E-state index in [9.17, 15) is 17.6 Å². The normalized spacial score (nSPS) is 11.0. The average Bonchev–Trinajstić information content (AvgIpc) is 2.25. The van der Waals surface area contributed by atoms with E-state index >= 15 is 0 Å². The van der Waals surface area contributed by atoms with Crippen LogP contribution in [0.5, 0.6) is 0 Å². The highest BCUT2D eigenvalue weighted by molar-refractivity contribution is 5.45. The molecule has 0 spiro atoms. The Kier molecular flexibility index (Phi) is 4.68. The largest absolute Gasteiger partial charge is 0.380 e. The van der Waals surface area contributed by atoms with Gasteiger partial charge < -0.3 is 10.2 Å². The van der Waals surface area contributed by atoms with Crippen molar-refractivity contribution in [2.75, 3.05) is 32.5 Å². The molecule has 1 heterocycles. The van der Waals surface area contributed by atoms with Crippen molar-refractivity contribution in [3.05, 3.63) is 23.5 Å². The predicted molar refractivity (Wildman–Crippen MR) is 55.7 cm³/mol. The summed E-state index contributed by atoms with van der Waals surface area (Å²) >= 11 is 0. The smallest absolute Gasteiger partial charge is 0.253 e. The number of aromatic nitrogens is 1. The summed E-state index contributed by atoms with van der Waals surface area (Å²) in [4.78, 5) is 4.34. The second-order valence-electron chi connectivity index (χ2n) is 3.78. The van der Waals surface area contributed by atoms with Crippen LogP contribution in [0.25, 0.3) is 0 Å². The van der Waals surface area contributed by atoms with E-state index in [4.69, 9.17) is 0 Å². The van der Waals surface area contributed by atoms with Gasteiger partial charge in [-0.2, -0.15) is 22.5 Å². The first-order valence-corrected chi connectivity index (χ1v) is 5.02. The van der Waals surface area contributed by atoms with Gasteiger partial charge in [0.05, 0.1) is 0 Å². The van der Waals surface area contributed by atoms with Gasteiger partial charge in [-0.15, -0.1) is 0 Å². The number of nitrogens with one attached hydrogen (secondary N) is 1. The van der Waals surface area contributed by atoms with Gasteiger partial charge in [0.25, 0.3) is 11.9 Å². The van der Waals surface area contributed by atoms with Gasteiger partial charge >= 0.3 is 0 Å². The molecule has 3 nitrogen and oxygen atoms in total. The zero-order chi connectivity index (χ0) is 13.0. The second-order valence-corrected chi connectivity index (χ2v) is 3.78. The molecule has 0 aromatic carbocycles. The van der Waals surface area contributed by atoms with Crippen LogP contribution in [0.3, 0.4) is 0 Å². The number of halogens is 4. The van der Waals surface area contributed by atoms with Gasteiger partial charge in [-0.1, -0.05) is 0 Å². The zero-order valence-electron chi connectivity index (χ0n) is 9.53. The molecule has 1 aromatic rings. The maximum Gasteiger partial charge on any atom is 0.253 e. The topological polar surface area (TPSA) is 28.2 Å². The van der Waals surface area contributed by atoms with Crippen molar-refractivity contribution < 1.29 is 17.6 Å². The summed E-state index contributed by atoms with van der Waals surface area (Å²) in [5, 5.41) is 2.32. The van der Waals surface area contributed by atoms with Crippen LogP contribution in [0.1, 0.15) is 6.42 Å². The minimum Gasteiger partial charge on any atom is -0.380 e. The van der Waals surface area contributed by atoms with Crippen molar-refractivity contribution >= 4 is 5.69 Å². The van der Waals surface area contributed by atoms with Gasteiger partial charge in [-0.25, -0.2) is 0 Å². The van der Waals surface area contributed by atoms with E-state index in [-0.39, 0.29) is 6.54 Å². The lowest BCUT2D eigenvalue weighted by Crippen LogP contribution is -2.17. The quantitative estimate of drug-likeness (QED) is 0.493. The van der Waals surface area contributed by atoms with Crippen LogP contribution >= 0.6 is 0 Å². The zero-order valence-corrected chi connectivity index (χ0v) is 9.53. The summed E-state index contributed by atoms with van der Waals surface area (Å²) in [6, 6.07) is 0. The summed E-state index contributed by atoms with van der Waals surface area (Å²) in [5.41, 5.74) is -0.811. The molecule has 0 aliphatic rings. The lowest BCUT2D eigenvalue weighted by atomic mass is 10.3. The summed E-state index contributed by atoms with van der Waals surface area (Å²) < 4.78 is 51.7. The molecule has 0 saturated heterocycles. The lowest BCUT2D eigenvalue weighted by Gasteiger charge is -2.11. The second kappa shape index (κ2) is 5.81. The van der Waals surface area contributed by atoms with Crippen LogP contribution in [0.15, 0.2) is 0 Å². The Morgan fingerprint density at radius 1 is 1.06 bits per heavy atom. The minimum absolute atomic E-state index is 0.203. The fraction of sp³-hybridized carbons (Fsp3) is 0.500. The van der Waals surface area contributed by atoms with Crippen LogP contribution in [0.2, 0.25) is 0 Å². The fourth-order valence-electron chi connectivity index (χ4n) is 1.25. The Morgan fingerprint density at radius 2 is 1.59 bits per heavy atom. The Morgan fingerprint density at radius 3 is 2.06 bits per heavy atom. The van der Waals surface area contributed by atoms with Crippen LogP contribution < -0.4 is 5.32 Å². The van der Waals surface area contributed by atoms with Gasteiger partial charge in [0, 0.05) is 6.54 Å². The number of rotatable bonds is 5. The standard InChI is InChI=1S/C10H13F4N3/c1-17(2)5-3-4-15-8-6(11)9(13)16-10(14)7(8)12/h3-5H2,1-2H3,(H,15,16). The summed E-state index contributed by atoms with van der Waals surface area (Å²) in [6.45, 7) is 0.890. The number of hydrogen-bond donors (Lipinski definition) is 1. The van der Waals surface area contributed by atoms with Gasteiger partial charge in [-0.3, -0.25) is 0 Å². The SMILES string of the molecule is CN(C)CCCNc1c(F)c(F)nc(F)c1F. The van der Waals surface area contributed by atoms with Gasteiger partial charge in [0.15, 0.2) is 0 Å². The molecule has 7 heteroatoms. The van der Waals surface area contributed by atoms with E-state index in [1.165, 1.54) is 0 Å². The van der Waals surface area contributed by atoms with Crippen molar-refractivity contribution in [3.63, 3.8) is 0 Å². The highest BCUT2D eigenvalue weighted by atomic mass is 19.2. The van der Waals surface area contributed by atoms with E-state index in [2.05, 4.69) is 10.3 Å². The van der Waals surface area contributed by atoms with Crippen molar-refractivity contribution in [3.8, 4) is 0 Å². The lowest BCUT2D eigenvalue weighted by molar-refractivity contribution is 0.401. The summed E-state index contributed by atoms with van der Waals surface area (Å²) in [7, 11) is 3.68. The Balaban J connectivity index is 2.70. The van der Waals surface area contributed by atoms with Gasteiger partial charge in [0.2, 0.25) is 11.6 Å². The molecule has 0 radical (unpaired) electrons. The number of nitrogens with zero attached hydrogens (tertiary/aromatic N) is 2. The van der Waals surface area contributed by atoms with Crippen molar-refractivity contribution in [2.24, 2.45) is 0 Å². The molecule has 0 unspecified atom stereocenters. The first-order valence-electron chi connectivity index (χ1n) is 5.02. The van der Waals surface area contributed by atoms with E-state index in [0.29, 0.717) is 13.0 Å². The number of pyridine rings is 1. The minimum atomic E-state index is -1.65. The molecular weight excluding hydrogens is 238 g/mol. The molecule has 0 saturated carbocycles. The third-order valence-electron chi connectivity index (χ3n) is 2.08. The van der Waals surface area contributed by atoms with Crippen LogP contribution in [-0.2, 0) is 0 Å². The van der Waals surface area contributed by atoms with Crippen molar-refractivity contribution in [1.82, 2.24) is 9.88 Å². The number of anilines is 1. The molecule has 96 valence electrons. The molecule has 0 amide bonds. The predicted octanol–water partition coefficient (Wildman–Crippen LogP) is 2.00. The third-order valence-corrected chi connectivity index (χ3v) is 2.08. The van der Waals surface area contributed by atoms with Gasteiger partial charge in [0.1, 0.15) is 5.69 Å². The van der Waals surface area contributed by atoms with E-state index in [1.807, 2.05) is 19.0 Å². The molecule has 0 aliphatic heterocycles. The Bertz CT molecular complexity index is 369. The molecule has 0 fully saturated rings. The van der Waals surface area contributed by atoms with E-state index in [0.717, 1.165) is 0 Å². The Labute approximate surface area is 96.4 Å². The molecule has 1 aromatic heterocycles. The average molecular weight is 251 g/mol.